The topological polar surface area (TPSA) is 35.2 Å². The third-order valence-electron chi connectivity index (χ3n) is 1.33. The lowest BCUT2D eigenvalue weighted by molar-refractivity contribution is 0.303. The lowest BCUT2D eigenvalue weighted by Crippen LogP contribution is -2.17. The van der Waals surface area contributed by atoms with E-state index in [4.69, 9.17) is 10.5 Å². The zero-order valence-electron chi connectivity index (χ0n) is 5.50. The standard InChI is InChI=1S/C7H11NO/c1-9-7-4-2-6(8)3-5-7/h2,4-6H,3,8H2,1H3. The predicted molar refractivity (Wildman–Crippen MR) is 36.8 cm³/mol. The van der Waals surface area contributed by atoms with Gasteiger partial charge in [-0.3, -0.25) is 0 Å². The summed E-state index contributed by atoms with van der Waals surface area (Å²) in [7, 11) is 1.66. The Bertz CT molecular complexity index is 149. The highest BCUT2D eigenvalue weighted by atomic mass is 16.5. The number of methoxy groups -OCH3 is 1. The predicted octanol–water partition coefficient (Wildman–Crippen LogP) is 0.804. The van der Waals surface area contributed by atoms with Gasteiger partial charge in [-0.2, -0.15) is 0 Å². The van der Waals surface area contributed by atoms with E-state index < -0.39 is 0 Å². The van der Waals surface area contributed by atoms with Crippen molar-refractivity contribution in [3.63, 3.8) is 0 Å². The van der Waals surface area contributed by atoms with E-state index in [-0.39, 0.29) is 6.04 Å². The number of nitrogens with two attached hydrogens (primary N) is 1. The van der Waals surface area contributed by atoms with E-state index in [1.165, 1.54) is 0 Å². The molecule has 1 unspecified atom stereocenters. The molecule has 50 valence electrons. The van der Waals surface area contributed by atoms with Crippen LogP contribution in [0.2, 0.25) is 0 Å². The molecule has 2 N–H and O–H groups in total. The highest BCUT2D eigenvalue weighted by Gasteiger charge is 2.01. The van der Waals surface area contributed by atoms with Crippen molar-refractivity contribution in [3.8, 4) is 0 Å². The fourth-order valence-corrected chi connectivity index (χ4v) is 0.769. The van der Waals surface area contributed by atoms with Crippen molar-refractivity contribution < 1.29 is 4.74 Å². The van der Waals surface area contributed by atoms with Crippen molar-refractivity contribution in [2.24, 2.45) is 5.73 Å². The van der Waals surface area contributed by atoms with Crippen LogP contribution in [0.1, 0.15) is 6.42 Å². The Morgan fingerprint density at radius 3 is 3.00 bits per heavy atom. The Balaban J connectivity index is 2.52. The second kappa shape index (κ2) is 2.69. The Labute approximate surface area is 55.0 Å². The van der Waals surface area contributed by atoms with Crippen LogP contribution in [0.5, 0.6) is 0 Å². The van der Waals surface area contributed by atoms with E-state index in [0.717, 1.165) is 12.2 Å². The van der Waals surface area contributed by atoms with Gasteiger partial charge in [-0.05, 0) is 18.6 Å². The molecule has 0 spiro atoms. The molecule has 0 radical (unpaired) electrons. The summed E-state index contributed by atoms with van der Waals surface area (Å²) in [5.41, 5.74) is 5.56. The molecule has 0 fully saturated rings. The van der Waals surface area contributed by atoms with Gasteiger partial charge in [-0.15, -0.1) is 0 Å². The first-order valence-electron chi connectivity index (χ1n) is 3.01. The molecule has 0 aromatic heterocycles. The maximum Gasteiger partial charge on any atom is 0.114 e. The minimum atomic E-state index is 0.184. The van der Waals surface area contributed by atoms with Gasteiger partial charge in [0.2, 0.25) is 0 Å². The largest absolute Gasteiger partial charge is 0.497 e. The third kappa shape index (κ3) is 1.57. The minimum Gasteiger partial charge on any atom is -0.497 e. The maximum atomic E-state index is 5.56. The van der Waals surface area contributed by atoms with Crippen LogP contribution in [0.3, 0.4) is 0 Å². The van der Waals surface area contributed by atoms with E-state index in [1.54, 1.807) is 7.11 Å². The van der Waals surface area contributed by atoms with Crippen molar-refractivity contribution >= 4 is 0 Å². The molecule has 0 bridgehead atoms. The lowest BCUT2D eigenvalue weighted by Gasteiger charge is -2.09. The summed E-state index contributed by atoms with van der Waals surface area (Å²) in [6.45, 7) is 0. The number of rotatable bonds is 1. The van der Waals surface area contributed by atoms with Crippen LogP contribution >= 0.6 is 0 Å². The molecular formula is C7H11NO. The van der Waals surface area contributed by atoms with Gasteiger partial charge in [0, 0.05) is 6.04 Å². The van der Waals surface area contributed by atoms with Crippen molar-refractivity contribution in [1.82, 2.24) is 0 Å². The molecule has 2 nitrogen and oxygen atoms in total. The molecule has 1 rings (SSSR count). The van der Waals surface area contributed by atoms with E-state index >= 15 is 0 Å². The number of allylic oxidation sites excluding steroid dienone is 1. The average Bonchev–Trinajstić information content (AvgIpc) is 1.90. The molecule has 0 aliphatic heterocycles. The van der Waals surface area contributed by atoms with Gasteiger partial charge in [0.05, 0.1) is 7.11 Å². The quantitative estimate of drug-likeness (QED) is 0.562. The summed E-state index contributed by atoms with van der Waals surface area (Å²) < 4.78 is 4.96. The summed E-state index contributed by atoms with van der Waals surface area (Å²) >= 11 is 0. The van der Waals surface area contributed by atoms with Crippen LogP contribution in [0, 0.1) is 0 Å². The molecule has 1 aliphatic carbocycles. The first-order chi connectivity index (χ1) is 4.33. The fourth-order valence-electron chi connectivity index (χ4n) is 0.769. The van der Waals surface area contributed by atoms with Crippen LogP contribution < -0.4 is 5.73 Å². The molecule has 0 saturated carbocycles. The smallest absolute Gasteiger partial charge is 0.114 e. The SMILES string of the molecule is COC1=CCC(N)C=C1. The van der Waals surface area contributed by atoms with Crippen LogP contribution in [-0.2, 0) is 4.74 Å². The summed E-state index contributed by atoms with van der Waals surface area (Å²) in [6.07, 6.45) is 6.72. The van der Waals surface area contributed by atoms with Gasteiger partial charge in [0.15, 0.2) is 0 Å². The normalized spacial score (nSPS) is 25.6. The van der Waals surface area contributed by atoms with Gasteiger partial charge in [-0.1, -0.05) is 6.08 Å². The highest BCUT2D eigenvalue weighted by molar-refractivity contribution is 5.19. The van der Waals surface area contributed by atoms with Gasteiger partial charge in [-0.25, -0.2) is 0 Å². The van der Waals surface area contributed by atoms with Crippen molar-refractivity contribution in [1.29, 1.82) is 0 Å². The molecule has 0 heterocycles. The van der Waals surface area contributed by atoms with Crippen LogP contribution in [0.25, 0.3) is 0 Å². The van der Waals surface area contributed by atoms with Crippen molar-refractivity contribution in [2.45, 2.75) is 12.5 Å². The Kier molecular flexibility index (Phi) is 1.90. The molecular weight excluding hydrogens is 114 g/mol. The number of hydrogen-bond donors (Lipinski definition) is 1. The minimum absolute atomic E-state index is 0.184. The first-order valence-corrected chi connectivity index (χ1v) is 3.01. The second-order valence-electron chi connectivity index (χ2n) is 2.07. The lowest BCUT2D eigenvalue weighted by atomic mass is 10.1. The third-order valence-corrected chi connectivity index (χ3v) is 1.33. The fraction of sp³-hybridized carbons (Fsp3) is 0.429. The zero-order chi connectivity index (χ0) is 6.69. The average molecular weight is 125 g/mol. The van der Waals surface area contributed by atoms with Crippen LogP contribution in [0.4, 0.5) is 0 Å². The van der Waals surface area contributed by atoms with Crippen LogP contribution in [0.15, 0.2) is 24.0 Å². The summed E-state index contributed by atoms with van der Waals surface area (Å²) in [6, 6.07) is 0.184. The molecule has 1 aliphatic rings. The van der Waals surface area contributed by atoms with Crippen molar-refractivity contribution in [3.05, 3.63) is 24.0 Å². The van der Waals surface area contributed by atoms with E-state index in [0.29, 0.717) is 0 Å². The monoisotopic (exact) mass is 125 g/mol. The molecule has 2 heteroatoms. The van der Waals surface area contributed by atoms with E-state index in [2.05, 4.69) is 0 Å². The second-order valence-corrected chi connectivity index (χ2v) is 2.07. The zero-order valence-corrected chi connectivity index (χ0v) is 5.50. The molecule has 0 amide bonds. The highest BCUT2D eigenvalue weighted by Crippen LogP contribution is 2.08. The van der Waals surface area contributed by atoms with Gasteiger partial charge < -0.3 is 10.5 Å². The summed E-state index contributed by atoms with van der Waals surface area (Å²) in [5, 5.41) is 0. The molecule has 1 atom stereocenters. The molecule has 0 aromatic carbocycles. The first kappa shape index (κ1) is 6.36. The molecule has 9 heavy (non-hydrogen) atoms. The molecule has 0 aromatic rings. The Morgan fingerprint density at radius 1 is 1.78 bits per heavy atom. The van der Waals surface area contributed by atoms with Gasteiger partial charge >= 0.3 is 0 Å². The Morgan fingerprint density at radius 2 is 2.56 bits per heavy atom. The van der Waals surface area contributed by atoms with E-state index in [9.17, 15) is 0 Å². The summed E-state index contributed by atoms with van der Waals surface area (Å²) in [5.74, 6) is 0.914. The van der Waals surface area contributed by atoms with Crippen LogP contribution in [-0.4, -0.2) is 13.2 Å². The van der Waals surface area contributed by atoms with Gasteiger partial charge in [0.1, 0.15) is 5.76 Å². The molecule has 0 saturated heterocycles. The maximum absolute atomic E-state index is 5.56. The van der Waals surface area contributed by atoms with Crippen molar-refractivity contribution in [2.75, 3.05) is 7.11 Å². The number of hydrogen-bond acceptors (Lipinski definition) is 2. The van der Waals surface area contributed by atoms with E-state index in [1.807, 2.05) is 18.2 Å². The number of ether oxygens (including phenoxy) is 1. The Hall–Kier alpha value is -0.760. The summed E-state index contributed by atoms with van der Waals surface area (Å²) in [4.78, 5) is 0. The van der Waals surface area contributed by atoms with Gasteiger partial charge in [0.25, 0.3) is 0 Å².